The van der Waals surface area contributed by atoms with Crippen LogP contribution in [0, 0.1) is 6.92 Å². The zero-order valence-electron chi connectivity index (χ0n) is 23.3. The van der Waals surface area contributed by atoms with Gasteiger partial charge in [0.05, 0.1) is 13.2 Å². The number of ether oxygens (including phenoxy) is 1. The predicted octanol–water partition coefficient (Wildman–Crippen LogP) is 4.15. The van der Waals surface area contributed by atoms with Crippen LogP contribution in [-0.4, -0.2) is 75.4 Å². The van der Waals surface area contributed by atoms with Crippen LogP contribution >= 0.6 is 0 Å². The summed E-state index contributed by atoms with van der Waals surface area (Å²) in [4.78, 5) is 37.8. The summed E-state index contributed by atoms with van der Waals surface area (Å²) >= 11 is 0. The van der Waals surface area contributed by atoms with Crippen LogP contribution in [0.25, 0.3) is 10.9 Å². The van der Waals surface area contributed by atoms with Gasteiger partial charge in [0, 0.05) is 48.7 Å². The van der Waals surface area contributed by atoms with Crippen LogP contribution in [0.5, 0.6) is 11.5 Å². The Morgan fingerprint density at radius 1 is 1.05 bits per heavy atom. The number of nitrogens with zero attached hydrogens (tertiary/aromatic N) is 3. The molecule has 3 aromatic carbocycles. The van der Waals surface area contributed by atoms with Gasteiger partial charge in [0.25, 0.3) is 0 Å². The third-order valence-electron chi connectivity index (χ3n) is 9.16. The molecule has 1 aromatic heterocycles. The number of phenols is 1. The molecule has 0 saturated carbocycles. The third-order valence-corrected chi connectivity index (χ3v) is 9.16. The van der Waals surface area contributed by atoms with Crippen LogP contribution in [0.1, 0.15) is 40.4 Å². The predicted molar refractivity (Wildman–Crippen MR) is 156 cm³/mol. The maximum absolute atomic E-state index is 14.3. The normalized spacial score (nSPS) is 22.7. The van der Waals surface area contributed by atoms with Crippen molar-refractivity contribution in [3.8, 4) is 11.5 Å². The Balaban J connectivity index is 1.22. The maximum Gasteiger partial charge on any atom is 0.246 e. The Bertz CT molecular complexity index is 1660. The van der Waals surface area contributed by atoms with E-state index in [0.717, 1.165) is 53.8 Å². The lowest BCUT2D eigenvalue weighted by Crippen LogP contribution is -2.65. The van der Waals surface area contributed by atoms with Crippen LogP contribution in [0.2, 0.25) is 0 Å². The van der Waals surface area contributed by atoms with E-state index in [-0.39, 0.29) is 30.2 Å². The molecule has 8 nitrogen and oxygen atoms in total. The first-order chi connectivity index (χ1) is 19.9. The lowest BCUT2D eigenvalue weighted by atomic mass is 9.85. The second kappa shape index (κ2) is 9.96. The van der Waals surface area contributed by atoms with Crippen molar-refractivity contribution < 1.29 is 19.4 Å². The highest BCUT2D eigenvalue weighted by molar-refractivity contribution is 5.98. The number of methoxy groups -OCH3 is 1. The average molecular weight is 551 g/mol. The molecular formula is C33H34N4O4. The topological polar surface area (TPSA) is 89.1 Å². The fraction of sp³-hybridized carbons (Fsp3) is 0.333. The summed E-state index contributed by atoms with van der Waals surface area (Å²) < 4.78 is 5.27. The van der Waals surface area contributed by atoms with E-state index in [4.69, 9.17) is 4.74 Å². The first-order valence-electron chi connectivity index (χ1n) is 14.3. The van der Waals surface area contributed by atoms with Crippen molar-refractivity contribution >= 4 is 22.7 Å². The number of H-pyrrole nitrogens is 1. The number of aryl methyl sites for hydroxylation is 1. The lowest BCUT2D eigenvalue weighted by Gasteiger charge is -2.48. The average Bonchev–Trinajstić information content (AvgIpc) is 3.59. The lowest BCUT2D eigenvalue weighted by molar-refractivity contribution is -0.160. The molecule has 3 aliphatic rings. The van der Waals surface area contributed by atoms with Crippen molar-refractivity contribution in [2.45, 2.75) is 44.4 Å². The molecule has 0 spiro atoms. The Morgan fingerprint density at radius 3 is 2.66 bits per heavy atom. The Kier molecular flexibility index (Phi) is 6.23. The van der Waals surface area contributed by atoms with Crippen molar-refractivity contribution in [1.29, 1.82) is 0 Å². The van der Waals surface area contributed by atoms with Crippen molar-refractivity contribution in [1.82, 2.24) is 19.7 Å². The Labute approximate surface area is 239 Å². The van der Waals surface area contributed by atoms with E-state index < -0.39 is 12.1 Å². The summed E-state index contributed by atoms with van der Waals surface area (Å²) in [7, 11) is 1.51. The number of aromatic nitrogens is 1. The number of rotatable bonds is 5. The number of benzene rings is 3. The minimum atomic E-state index is -0.609. The highest BCUT2D eigenvalue weighted by Crippen LogP contribution is 2.44. The molecule has 210 valence electrons. The third kappa shape index (κ3) is 4.25. The maximum atomic E-state index is 14.3. The number of hydrogen-bond acceptors (Lipinski definition) is 5. The zero-order valence-corrected chi connectivity index (χ0v) is 23.3. The van der Waals surface area contributed by atoms with Gasteiger partial charge in [0.15, 0.2) is 11.5 Å². The summed E-state index contributed by atoms with van der Waals surface area (Å²) in [5.41, 5.74) is 6.22. The molecule has 3 atom stereocenters. The fourth-order valence-corrected chi connectivity index (χ4v) is 7.06. The second-order valence-corrected chi connectivity index (χ2v) is 11.5. The molecule has 0 radical (unpaired) electrons. The standard InChI is InChI=1S/C33H34N4O4/c1-20-7-3-4-8-22(20)17-35-14-13-23(18-35)36-19-30(39)37-27(33(36)40)16-25-24-9-5-6-10-26(24)34-31(25)32(37)21-11-12-29(41-2)28(38)15-21/h3-12,15,23,27,32,34,38H,13-14,16-19H2,1-2H3/t23-,27+,32+/m0/s1. The SMILES string of the molecule is COc1ccc([C@@H]2c3[nH]c4ccccc4c3C[C@@H]3C(=O)N([C@H]4CCN(Cc5ccccc5C)C4)CC(=O)N23)cc1O. The van der Waals surface area contributed by atoms with Gasteiger partial charge >= 0.3 is 0 Å². The molecule has 4 aromatic rings. The van der Waals surface area contributed by atoms with Gasteiger partial charge in [-0.1, -0.05) is 48.5 Å². The molecule has 4 heterocycles. The number of phenolic OH excluding ortho intramolecular Hbond substituents is 1. The number of carbonyl (C=O) groups excluding carboxylic acids is 2. The summed E-state index contributed by atoms with van der Waals surface area (Å²) in [5.74, 6) is 0.297. The molecular weight excluding hydrogens is 516 g/mol. The number of nitrogens with one attached hydrogen (secondary N) is 1. The van der Waals surface area contributed by atoms with Gasteiger partial charge in [-0.15, -0.1) is 0 Å². The minimum absolute atomic E-state index is 0.00176. The van der Waals surface area contributed by atoms with Gasteiger partial charge in [-0.05, 0) is 53.8 Å². The van der Waals surface area contributed by atoms with Gasteiger partial charge < -0.3 is 24.6 Å². The molecule has 2 fully saturated rings. The quantitative estimate of drug-likeness (QED) is 0.390. The summed E-state index contributed by atoms with van der Waals surface area (Å²) in [5, 5.41) is 11.7. The molecule has 2 amide bonds. The van der Waals surface area contributed by atoms with Crippen molar-refractivity contribution in [2.75, 3.05) is 26.7 Å². The number of carbonyl (C=O) groups is 2. The highest BCUT2D eigenvalue weighted by atomic mass is 16.5. The molecule has 3 aliphatic heterocycles. The Morgan fingerprint density at radius 2 is 1.85 bits per heavy atom. The fourth-order valence-electron chi connectivity index (χ4n) is 7.06. The number of aromatic hydroxyl groups is 1. The molecule has 7 rings (SSSR count). The number of piperazine rings is 1. The van der Waals surface area contributed by atoms with Crippen LogP contribution < -0.4 is 4.74 Å². The first-order valence-corrected chi connectivity index (χ1v) is 14.3. The zero-order chi connectivity index (χ0) is 28.2. The summed E-state index contributed by atoms with van der Waals surface area (Å²) in [6.45, 7) is 4.69. The molecule has 0 unspecified atom stereocenters. The van der Waals surface area contributed by atoms with Crippen LogP contribution in [0.4, 0.5) is 0 Å². The van der Waals surface area contributed by atoms with Crippen LogP contribution in [0.15, 0.2) is 66.7 Å². The van der Waals surface area contributed by atoms with Crippen molar-refractivity contribution in [3.05, 3.63) is 94.7 Å². The number of likely N-dealkylation sites (tertiary alicyclic amines) is 1. The second-order valence-electron chi connectivity index (χ2n) is 11.5. The summed E-state index contributed by atoms with van der Waals surface area (Å²) in [6, 6.07) is 20.6. The molecule has 2 saturated heterocycles. The van der Waals surface area contributed by atoms with E-state index in [2.05, 4.69) is 47.1 Å². The summed E-state index contributed by atoms with van der Waals surface area (Å²) in [6.07, 6.45) is 1.31. The van der Waals surface area contributed by atoms with Gasteiger partial charge in [-0.3, -0.25) is 14.5 Å². The van der Waals surface area contributed by atoms with Crippen LogP contribution in [-0.2, 0) is 22.6 Å². The van der Waals surface area contributed by atoms with Crippen molar-refractivity contribution in [2.24, 2.45) is 0 Å². The largest absolute Gasteiger partial charge is 0.504 e. The smallest absolute Gasteiger partial charge is 0.246 e. The number of amides is 2. The minimum Gasteiger partial charge on any atom is -0.504 e. The monoisotopic (exact) mass is 550 g/mol. The number of aromatic amines is 1. The first kappa shape index (κ1) is 25.7. The molecule has 0 bridgehead atoms. The van der Waals surface area contributed by atoms with Crippen LogP contribution in [0.3, 0.4) is 0 Å². The van der Waals surface area contributed by atoms with Gasteiger partial charge in [0.2, 0.25) is 11.8 Å². The van der Waals surface area contributed by atoms with Crippen molar-refractivity contribution in [3.63, 3.8) is 0 Å². The van der Waals surface area contributed by atoms with Gasteiger partial charge in [0.1, 0.15) is 12.6 Å². The number of fused-ring (bicyclic) bond motifs is 4. The van der Waals surface area contributed by atoms with E-state index >= 15 is 0 Å². The van der Waals surface area contributed by atoms with E-state index in [1.165, 1.54) is 18.2 Å². The van der Waals surface area contributed by atoms with E-state index in [9.17, 15) is 14.7 Å². The number of para-hydroxylation sites is 1. The van der Waals surface area contributed by atoms with Gasteiger partial charge in [-0.2, -0.15) is 0 Å². The molecule has 8 heteroatoms. The molecule has 0 aliphatic carbocycles. The molecule has 2 N–H and O–H groups in total. The van der Waals surface area contributed by atoms with E-state index in [1.807, 2.05) is 29.2 Å². The number of hydrogen-bond donors (Lipinski definition) is 2. The highest BCUT2D eigenvalue weighted by Gasteiger charge is 2.50. The van der Waals surface area contributed by atoms with E-state index in [1.54, 1.807) is 17.0 Å². The van der Waals surface area contributed by atoms with E-state index in [0.29, 0.717) is 12.2 Å². The Hall–Kier alpha value is -4.30. The van der Waals surface area contributed by atoms with Gasteiger partial charge in [-0.25, -0.2) is 0 Å². The molecule has 41 heavy (non-hydrogen) atoms.